The Morgan fingerprint density at radius 3 is 1.75 bits per heavy atom. The predicted molar refractivity (Wildman–Crippen MR) is 111 cm³/mol. The number of hydrogen-bond acceptors (Lipinski definition) is 4. The zero-order valence-electron chi connectivity index (χ0n) is 15.3. The summed E-state index contributed by atoms with van der Waals surface area (Å²) in [4.78, 5) is 18.7. The smallest absolute Gasteiger partial charge is 0.150 e. The number of pyridine rings is 2. The Kier molecular flexibility index (Phi) is 6.77. The van der Waals surface area contributed by atoms with E-state index >= 15 is 0 Å². The Bertz CT molecular complexity index is 1020. The van der Waals surface area contributed by atoms with E-state index in [4.69, 9.17) is 5.11 Å². The van der Waals surface area contributed by atoms with Gasteiger partial charge in [-0.2, -0.15) is 0 Å². The Hall–Kier alpha value is -3.63. The molecule has 4 aromatic rings. The molecule has 0 aliphatic rings. The summed E-state index contributed by atoms with van der Waals surface area (Å²) in [5.74, 6) is 0. The molecule has 0 saturated carbocycles. The van der Waals surface area contributed by atoms with Crippen molar-refractivity contribution in [1.82, 2.24) is 9.97 Å². The summed E-state index contributed by atoms with van der Waals surface area (Å²) in [7, 11) is 0. The molecule has 138 valence electrons. The second kappa shape index (κ2) is 9.90. The number of carbonyl (C=O) groups excluding carboxylic acids is 1. The van der Waals surface area contributed by atoms with Gasteiger partial charge in [0.15, 0.2) is 6.29 Å². The number of aliphatic hydroxyl groups is 1. The number of hydrogen-bond donors (Lipinski definition) is 1. The zero-order valence-corrected chi connectivity index (χ0v) is 15.3. The number of benzene rings is 2. The number of carbonyl (C=O) groups is 1. The normalized spacial score (nSPS) is 9.89. The molecule has 0 bridgehead atoms. The van der Waals surface area contributed by atoms with Crippen LogP contribution >= 0.6 is 0 Å². The maximum atomic E-state index is 10.8. The van der Waals surface area contributed by atoms with Crippen LogP contribution in [0.3, 0.4) is 0 Å². The molecule has 4 heteroatoms. The van der Waals surface area contributed by atoms with Crippen LogP contribution in [0.2, 0.25) is 0 Å². The molecule has 1 N–H and O–H groups in total. The lowest BCUT2D eigenvalue weighted by molar-refractivity contribution is 0.112. The van der Waals surface area contributed by atoms with Crippen LogP contribution < -0.4 is 0 Å². The fourth-order valence-corrected chi connectivity index (χ4v) is 2.87. The van der Waals surface area contributed by atoms with Gasteiger partial charge in [-0.1, -0.05) is 48.5 Å². The van der Waals surface area contributed by atoms with Gasteiger partial charge in [0.2, 0.25) is 0 Å². The van der Waals surface area contributed by atoms with E-state index in [0.717, 1.165) is 34.1 Å². The molecule has 0 atom stereocenters. The van der Waals surface area contributed by atoms with Crippen LogP contribution in [0.4, 0.5) is 0 Å². The van der Waals surface area contributed by atoms with E-state index in [9.17, 15) is 4.79 Å². The van der Waals surface area contributed by atoms with Crippen LogP contribution in [0.1, 0.15) is 15.9 Å². The van der Waals surface area contributed by atoms with E-state index in [1.807, 2.05) is 72.8 Å². The Morgan fingerprint density at radius 2 is 1.18 bits per heavy atom. The molecule has 0 spiro atoms. The van der Waals surface area contributed by atoms with Gasteiger partial charge in [0.25, 0.3) is 0 Å². The Balaban J connectivity index is 0.000000161. The monoisotopic (exact) mass is 368 g/mol. The molecule has 0 unspecified atom stereocenters. The maximum absolute atomic E-state index is 10.8. The number of aromatic nitrogens is 2. The number of nitrogens with zero attached hydrogens (tertiary/aromatic N) is 2. The maximum Gasteiger partial charge on any atom is 0.150 e. The van der Waals surface area contributed by atoms with Gasteiger partial charge in [-0.05, 0) is 52.1 Å². The van der Waals surface area contributed by atoms with Crippen molar-refractivity contribution in [2.24, 2.45) is 0 Å². The standard InChI is InChI=1S/C12H11NO.C12H9NO/c2*14-9-11-3-1-2-4-12(11)10-5-7-13-8-6-10/h1-8,14H,9H2;1-9H. The highest BCUT2D eigenvalue weighted by molar-refractivity contribution is 5.87. The minimum absolute atomic E-state index is 0.0680. The van der Waals surface area contributed by atoms with E-state index in [1.165, 1.54) is 0 Å². The molecule has 4 nitrogen and oxygen atoms in total. The molecule has 2 aromatic heterocycles. The molecule has 0 fully saturated rings. The van der Waals surface area contributed by atoms with Crippen LogP contribution in [-0.2, 0) is 6.61 Å². The molecule has 2 aromatic carbocycles. The van der Waals surface area contributed by atoms with Crippen molar-refractivity contribution < 1.29 is 9.90 Å². The van der Waals surface area contributed by atoms with Gasteiger partial charge >= 0.3 is 0 Å². The highest BCUT2D eigenvalue weighted by Crippen LogP contribution is 2.22. The summed E-state index contributed by atoms with van der Waals surface area (Å²) >= 11 is 0. The van der Waals surface area contributed by atoms with Gasteiger partial charge in [-0.25, -0.2) is 0 Å². The van der Waals surface area contributed by atoms with E-state index in [-0.39, 0.29) is 6.61 Å². The van der Waals surface area contributed by atoms with Crippen LogP contribution in [0.5, 0.6) is 0 Å². The summed E-state index contributed by atoms with van der Waals surface area (Å²) < 4.78 is 0. The zero-order chi connectivity index (χ0) is 19.6. The number of aliphatic hydroxyl groups excluding tert-OH is 1. The fourth-order valence-electron chi connectivity index (χ4n) is 2.87. The lowest BCUT2D eigenvalue weighted by Crippen LogP contribution is -1.88. The third kappa shape index (κ3) is 4.75. The Labute approximate surface area is 164 Å². The molecule has 0 aliphatic carbocycles. The number of rotatable bonds is 4. The van der Waals surface area contributed by atoms with Crippen molar-refractivity contribution in [2.75, 3.05) is 0 Å². The van der Waals surface area contributed by atoms with Crippen molar-refractivity contribution in [1.29, 1.82) is 0 Å². The average Bonchev–Trinajstić information content (AvgIpc) is 2.80. The first-order chi connectivity index (χ1) is 13.8. The van der Waals surface area contributed by atoms with Crippen molar-refractivity contribution in [3.8, 4) is 22.3 Å². The number of aldehydes is 1. The molecule has 4 rings (SSSR count). The summed E-state index contributed by atoms with van der Waals surface area (Å²) in [5.41, 5.74) is 5.77. The van der Waals surface area contributed by atoms with Gasteiger partial charge in [0.1, 0.15) is 0 Å². The quantitative estimate of drug-likeness (QED) is 0.526. The fraction of sp³-hybridized carbons (Fsp3) is 0.0417. The molecule has 0 saturated heterocycles. The molecule has 28 heavy (non-hydrogen) atoms. The van der Waals surface area contributed by atoms with Gasteiger partial charge < -0.3 is 5.11 Å². The van der Waals surface area contributed by atoms with Crippen molar-refractivity contribution in [2.45, 2.75) is 6.61 Å². The Morgan fingerprint density at radius 1 is 0.679 bits per heavy atom. The van der Waals surface area contributed by atoms with Gasteiger partial charge in [-0.3, -0.25) is 14.8 Å². The topological polar surface area (TPSA) is 63.1 Å². The minimum atomic E-state index is 0.0680. The summed E-state index contributed by atoms with van der Waals surface area (Å²) in [6.07, 6.45) is 7.82. The minimum Gasteiger partial charge on any atom is -0.392 e. The molecular weight excluding hydrogens is 348 g/mol. The average molecular weight is 368 g/mol. The third-order valence-corrected chi connectivity index (χ3v) is 4.26. The predicted octanol–water partition coefficient (Wildman–Crippen LogP) is 4.80. The lowest BCUT2D eigenvalue weighted by atomic mass is 10.0. The second-order valence-corrected chi connectivity index (χ2v) is 5.99. The van der Waals surface area contributed by atoms with Gasteiger partial charge in [-0.15, -0.1) is 0 Å². The SMILES string of the molecule is O=Cc1ccccc1-c1ccncc1.OCc1ccccc1-c1ccncc1. The van der Waals surface area contributed by atoms with E-state index in [0.29, 0.717) is 5.56 Å². The summed E-state index contributed by atoms with van der Waals surface area (Å²) in [6.45, 7) is 0.0680. The molecule has 2 heterocycles. The van der Waals surface area contributed by atoms with E-state index < -0.39 is 0 Å². The highest BCUT2D eigenvalue weighted by Gasteiger charge is 2.02. The first-order valence-electron chi connectivity index (χ1n) is 8.87. The van der Waals surface area contributed by atoms with Crippen molar-refractivity contribution in [3.05, 3.63) is 109 Å². The van der Waals surface area contributed by atoms with Crippen LogP contribution in [-0.4, -0.2) is 21.4 Å². The second-order valence-electron chi connectivity index (χ2n) is 5.99. The molecule has 0 aliphatic heterocycles. The van der Waals surface area contributed by atoms with Gasteiger partial charge in [0, 0.05) is 30.4 Å². The first-order valence-corrected chi connectivity index (χ1v) is 8.87. The first kappa shape index (κ1) is 19.1. The molecule has 0 amide bonds. The van der Waals surface area contributed by atoms with Crippen LogP contribution in [0.25, 0.3) is 22.3 Å². The molecular formula is C24H20N2O2. The van der Waals surface area contributed by atoms with Crippen molar-refractivity contribution >= 4 is 6.29 Å². The third-order valence-electron chi connectivity index (χ3n) is 4.26. The van der Waals surface area contributed by atoms with Crippen LogP contribution in [0, 0.1) is 0 Å². The lowest BCUT2D eigenvalue weighted by Gasteiger charge is -2.06. The van der Waals surface area contributed by atoms with E-state index in [1.54, 1.807) is 24.8 Å². The molecule has 0 radical (unpaired) electrons. The van der Waals surface area contributed by atoms with Crippen LogP contribution in [0.15, 0.2) is 97.6 Å². The van der Waals surface area contributed by atoms with Crippen molar-refractivity contribution in [3.63, 3.8) is 0 Å². The summed E-state index contributed by atoms with van der Waals surface area (Å²) in [6, 6.07) is 23.0. The van der Waals surface area contributed by atoms with E-state index in [2.05, 4.69) is 9.97 Å². The van der Waals surface area contributed by atoms with Gasteiger partial charge in [0.05, 0.1) is 6.61 Å². The summed E-state index contributed by atoms with van der Waals surface area (Å²) in [5, 5.41) is 9.16. The highest BCUT2D eigenvalue weighted by atomic mass is 16.3. The largest absolute Gasteiger partial charge is 0.392 e.